The molecule has 2 aromatic carbocycles. The Morgan fingerprint density at radius 1 is 1.14 bits per heavy atom. The van der Waals surface area contributed by atoms with Crippen molar-refractivity contribution in [3.63, 3.8) is 0 Å². The molecule has 1 amide bonds. The van der Waals surface area contributed by atoms with E-state index in [-0.39, 0.29) is 5.91 Å². The third-order valence-corrected chi connectivity index (χ3v) is 3.95. The first kappa shape index (κ1) is 16.7. The molecule has 0 fully saturated rings. The first-order valence-corrected chi connectivity index (χ1v) is 8.28. The zero-order valence-corrected chi connectivity index (χ0v) is 14.3. The number of benzene rings is 2. The number of rotatable bonds is 7. The number of hydrogen-bond donors (Lipinski definition) is 1. The maximum atomic E-state index is 12.0. The van der Waals surface area contributed by atoms with Gasteiger partial charge in [-0.15, -0.1) is 0 Å². The summed E-state index contributed by atoms with van der Waals surface area (Å²) in [6, 6.07) is 18.0. The van der Waals surface area contributed by atoms with Crippen LogP contribution in [0.3, 0.4) is 0 Å². The van der Waals surface area contributed by atoms with Gasteiger partial charge in [-0.2, -0.15) is 0 Å². The van der Waals surface area contributed by atoms with E-state index in [9.17, 15) is 4.79 Å². The molecule has 2 rings (SSSR count). The minimum atomic E-state index is 0.0459. The third-order valence-electron chi connectivity index (χ3n) is 3.46. The van der Waals surface area contributed by atoms with Crippen molar-refractivity contribution in [2.24, 2.45) is 0 Å². The van der Waals surface area contributed by atoms with E-state index in [0.29, 0.717) is 6.42 Å². The van der Waals surface area contributed by atoms with E-state index in [2.05, 4.69) is 45.2 Å². The highest BCUT2D eigenvalue weighted by Crippen LogP contribution is 2.15. The lowest BCUT2D eigenvalue weighted by Crippen LogP contribution is -2.27. The van der Waals surface area contributed by atoms with Crippen LogP contribution in [-0.4, -0.2) is 23.9 Å². The zero-order chi connectivity index (χ0) is 15.8. The Bertz CT molecular complexity index is 601. The third kappa shape index (κ3) is 5.62. The van der Waals surface area contributed by atoms with Crippen LogP contribution in [0.2, 0.25) is 0 Å². The molecule has 0 saturated carbocycles. The predicted octanol–water partition coefficient (Wildman–Crippen LogP) is 4.30. The van der Waals surface area contributed by atoms with Gasteiger partial charge in [0.15, 0.2) is 0 Å². The number of carbonyl (C=O) groups is 1. The van der Waals surface area contributed by atoms with Crippen LogP contribution in [0, 0.1) is 0 Å². The van der Waals surface area contributed by atoms with E-state index in [0.717, 1.165) is 29.8 Å². The molecule has 0 atom stereocenters. The maximum Gasteiger partial charge on any atom is 0.225 e. The van der Waals surface area contributed by atoms with Crippen LogP contribution in [0.4, 0.5) is 5.69 Å². The van der Waals surface area contributed by atoms with Crippen LogP contribution < -0.4 is 5.32 Å². The number of halogens is 1. The number of anilines is 1. The number of amides is 1. The van der Waals surface area contributed by atoms with E-state index >= 15 is 0 Å². The van der Waals surface area contributed by atoms with Crippen LogP contribution in [0.5, 0.6) is 0 Å². The molecule has 1 N–H and O–H groups in total. The Balaban J connectivity index is 1.81. The molecule has 0 radical (unpaired) electrons. The summed E-state index contributed by atoms with van der Waals surface area (Å²) in [6.07, 6.45) is 0.493. The van der Waals surface area contributed by atoms with Gasteiger partial charge in [0.1, 0.15) is 0 Å². The highest BCUT2D eigenvalue weighted by atomic mass is 79.9. The second-order valence-electron chi connectivity index (χ2n) is 5.16. The maximum absolute atomic E-state index is 12.0. The molecule has 0 bridgehead atoms. The summed E-state index contributed by atoms with van der Waals surface area (Å²) in [5, 5.41) is 2.93. The van der Waals surface area contributed by atoms with Gasteiger partial charge in [0, 0.05) is 29.7 Å². The van der Waals surface area contributed by atoms with Crippen molar-refractivity contribution in [1.82, 2.24) is 4.90 Å². The first-order chi connectivity index (χ1) is 10.7. The number of nitrogens with one attached hydrogen (secondary N) is 1. The number of nitrogens with zero attached hydrogens (tertiary/aromatic N) is 1. The van der Waals surface area contributed by atoms with Gasteiger partial charge in [-0.25, -0.2) is 0 Å². The summed E-state index contributed by atoms with van der Waals surface area (Å²) in [6.45, 7) is 4.68. The number of hydrogen-bond acceptors (Lipinski definition) is 2. The second-order valence-corrected chi connectivity index (χ2v) is 6.08. The van der Waals surface area contributed by atoms with E-state index in [1.807, 2.05) is 42.5 Å². The molecule has 2 aromatic rings. The van der Waals surface area contributed by atoms with E-state index in [4.69, 9.17) is 0 Å². The summed E-state index contributed by atoms with van der Waals surface area (Å²) in [7, 11) is 0. The minimum absolute atomic E-state index is 0.0459. The summed E-state index contributed by atoms with van der Waals surface area (Å²) >= 11 is 3.40. The molecule has 4 heteroatoms. The fraction of sp³-hybridized carbons (Fsp3) is 0.278. The molecule has 22 heavy (non-hydrogen) atoms. The highest BCUT2D eigenvalue weighted by Gasteiger charge is 2.08. The van der Waals surface area contributed by atoms with Gasteiger partial charge in [0.25, 0.3) is 0 Å². The van der Waals surface area contributed by atoms with Crippen molar-refractivity contribution in [3.05, 3.63) is 64.6 Å². The van der Waals surface area contributed by atoms with Gasteiger partial charge in [-0.1, -0.05) is 59.3 Å². The number of carbonyl (C=O) groups excluding carboxylic acids is 1. The molecule has 3 nitrogen and oxygen atoms in total. The van der Waals surface area contributed by atoms with Crippen molar-refractivity contribution in [2.75, 3.05) is 18.4 Å². The SMILES string of the molecule is CCN(CCC(=O)Nc1cccc(Br)c1)Cc1ccccc1. The summed E-state index contributed by atoms with van der Waals surface area (Å²) in [4.78, 5) is 14.3. The van der Waals surface area contributed by atoms with Crippen molar-refractivity contribution >= 4 is 27.5 Å². The van der Waals surface area contributed by atoms with Crippen molar-refractivity contribution in [3.8, 4) is 0 Å². The van der Waals surface area contributed by atoms with E-state index < -0.39 is 0 Å². The lowest BCUT2D eigenvalue weighted by Gasteiger charge is -2.20. The Hall–Kier alpha value is -1.65. The average Bonchev–Trinajstić information content (AvgIpc) is 2.52. The van der Waals surface area contributed by atoms with Crippen LogP contribution >= 0.6 is 15.9 Å². The molecule has 0 aliphatic rings. The standard InChI is InChI=1S/C18H21BrN2O/c1-2-21(14-15-7-4-3-5-8-15)12-11-18(22)20-17-10-6-9-16(19)13-17/h3-10,13H,2,11-12,14H2,1H3,(H,20,22). The van der Waals surface area contributed by atoms with Crippen LogP contribution in [0.15, 0.2) is 59.1 Å². The average molecular weight is 361 g/mol. The quantitative estimate of drug-likeness (QED) is 0.798. The van der Waals surface area contributed by atoms with Gasteiger partial charge in [0.2, 0.25) is 5.91 Å². The van der Waals surface area contributed by atoms with Crippen LogP contribution in [-0.2, 0) is 11.3 Å². The summed E-state index contributed by atoms with van der Waals surface area (Å²) in [5.41, 5.74) is 2.10. The molecule has 0 spiro atoms. The Morgan fingerprint density at radius 2 is 1.91 bits per heavy atom. The zero-order valence-electron chi connectivity index (χ0n) is 12.8. The topological polar surface area (TPSA) is 32.3 Å². The lowest BCUT2D eigenvalue weighted by molar-refractivity contribution is -0.116. The fourth-order valence-corrected chi connectivity index (χ4v) is 2.64. The fourth-order valence-electron chi connectivity index (χ4n) is 2.24. The van der Waals surface area contributed by atoms with Gasteiger partial charge in [-0.05, 0) is 30.3 Å². The molecule has 0 unspecified atom stereocenters. The first-order valence-electron chi connectivity index (χ1n) is 7.49. The molecule has 116 valence electrons. The van der Waals surface area contributed by atoms with Crippen molar-refractivity contribution < 1.29 is 4.79 Å². The van der Waals surface area contributed by atoms with Gasteiger partial charge < -0.3 is 5.32 Å². The summed E-state index contributed by atoms with van der Waals surface area (Å²) < 4.78 is 0.963. The molecule has 0 aromatic heterocycles. The Labute approximate surface area is 140 Å². The minimum Gasteiger partial charge on any atom is -0.326 e. The molecule has 0 aliphatic carbocycles. The van der Waals surface area contributed by atoms with Gasteiger partial charge in [-0.3, -0.25) is 9.69 Å². The largest absolute Gasteiger partial charge is 0.326 e. The summed E-state index contributed by atoms with van der Waals surface area (Å²) in [5.74, 6) is 0.0459. The smallest absolute Gasteiger partial charge is 0.225 e. The van der Waals surface area contributed by atoms with Crippen LogP contribution in [0.25, 0.3) is 0 Å². The molecular weight excluding hydrogens is 340 g/mol. The second kappa shape index (κ2) is 8.71. The Kier molecular flexibility index (Phi) is 6.62. The molecule has 0 saturated heterocycles. The molecule has 0 heterocycles. The van der Waals surface area contributed by atoms with Crippen LogP contribution in [0.1, 0.15) is 18.9 Å². The normalized spacial score (nSPS) is 10.7. The van der Waals surface area contributed by atoms with Crippen molar-refractivity contribution in [1.29, 1.82) is 0 Å². The van der Waals surface area contributed by atoms with Gasteiger partial charge in [0.05, 0.1) is 0 Å². The van der Waals surface area contributed by atoms with Crippen molar-refractivity contribution in [2.45, 2.75) is 19.9 Å². The molecule has 0 aliphatic heterocycles. The van der Waals surface area contributed by atoms with Gasteiger partial charge >= 0.3 is 0 Å². The highest BCUT2D eigenvalue weighted by molar-refractivity contribution is 9.10. The predicted molar refractivity (Wildman–Crippen MR) is 94.8 cm³/mol. The molecular formula is C18H21BrN2O. The van der Waals surface area contributed by atoms with E-state index in [1.54, 1.807) is 0 Å². The monoisotopic (exact) mass is 360 g/mol. The Morgan fingerprint density at radius 3 is 2.59 bits per heavy atom. The lowest BCUT2D eigenvalue weighted by atomic mass is 10.2. The van der Waals surface area contributed by atoms with E-state index in [1.165, 1.54) is 5.56 Å².